The molecule has 0 aliphatic rings. The number of fused-ring (bicyclic) bond motifs is 1. The van der Waals surface area contributed by atoms with Crippen LogP contribution in [0.4, 0.5) is 0 Å². The highest BCUT2D eigenvalue weighted by molar-refractivity contribution is 6.30. The molecule has 0 aromatic heterocycles. The molecule has 0 aliphatic heterocycles. The predicted octanol–water partition coefficient (Wildman–Crippen LogP) is 5.20. The molecule has 3 aromatic carbocycles. The predicted molar refractivity (Wildman–Crippen MR) is 129 cm³/mol. The molecule has 1 N–H and O–H groups in total. The number of rotatable bonds is 7. The van der Waals surface area contributed by atoms with E-state index in [1.54, 1.807) is 19.1 Å². The summed E-state index contributed by atoms with van der Waals surface area (Å²) in [5.74, 6) is 0.143. The fourth-order valence-electron chi connectivity index (χ4n) is 3.39. The van der Waals surface area contributed by atoms with Crippen molar-refractivity contribution in [2.24, 2.45) is 0 Å². The van der Waals surface area contributed by atoms with E-state index >= 15 is 0 Å². The van der Waals surface area contributed by atoms with Crippen LogP contribution in [0.25, 0.3) is 10.8 Å². The summed E-state index contributed by atoms with van der Waals surface area (Å²) in [6.07, 6.45) is 0. The second kappa shape index (κ2) is 10.0. The number of hydrogen-bond donors (Lipinski definition) is 1. The van der Waals surface area contributed by atoms with E-state index in [1.807, 2.05) is 75.4 Å². The molecule has 3 rings (SSSR count). The Balaban J connectivity index is 1.80. The van der Waals surface area contributed by atoms with Gasteiger partial charge in [0.05, 0.1) is 0 Å². The molecule has 1 unspecified atom stereocenters. The quantitative estimate of drug-likeness (QED) is 0.535. The molecule has 0 aliphatic carbocycles. The summed E-state index contributed by atoms with van der Waals surface area (Å²) in [4.78, 5) is 27.6. The van der Waals surface area contributed by atoms with Gasteiger partial charge in [0.15, 0.2) is 6.61 Å². The number of benzene rings is 3. The molecule has 0 bridgehead atoms. The van der Waals surface area contributed by atoms with E-state index in [0.717, 1.165) is 16.3 Å². The fraction of sp³-hybridized carbons (Fsp3) is 0.308. The zero-order chi connectivity index (χ0) is 23.3. The summed E-state index contributed by atoms with van der Waals surface area (Å²) in [6.45, 7) is 7.56. The van der Waals surface area contributed by atoms with Gasteiger partial charge >= 0.3 is 0 Å². The molecule has 5 nitrogen and oxygen atoms in total. The first-order chi connectivity index (χ1) is 15.1. The first-order valence-corrected chi connectivity index (χ1v) is 11.0. The van der Waals surface area contributed by atoms with Crippen LogP contribution in [0.1, 0.15) is 33.3 Å². The van der Waals surface area contributed by atoms with Gasteiger partial charge in [-0.05, 0) is 56.8 Å². The number of nitrogens with zero attached hydrogens (tertiary/aromatic N) is 1. The summed E-state index contributed by atoms with van der Waals surface area (Å²) < 4.78 is 5.91. The molecule has 3 aromatic rings. The van der Waals surface area contributed by atoms with Gasteiger partial charge in [0.2, 0.25) is 5.91 Å². The van der Waals surface area contributed by atoms with Crippen molar-refractivity contribution < 1.29 is 14.3 Å². The molecule has 0 heterocycles. The van der Waals surface area contributed by atoms with Crippen LogP contribution in [-0.4, -0.2) is 34.9 Å². The highest BCUT2D eigenvalue weighted by atomic mass is 35.5. The lowest BCUT2D eigenvalue weighted by atomic mass is 10.1. The largest absolute Gasteiger partial charge is 0.483 e. The molecular weight excluding hydrogens is 424 g/mol. The van der Waals surface area contributed by atoms with Crippen LogP contribution in [0.5, 0.6) is 5.75 Å². The maximum absolute atomic E-state index is 13.2. The van der Waals surface area contributed by atoms with Gasteiger partial charge in [0.1, 0.15) is 11.8 Å². The molecular formula is C26H29ClN2O3. The Kier molecular flexibility index (Phi) is 7.41. The van der Waals surface area contributed by atoms with Crippen LogP contribution in [0.3, 0.4) is 0 Å². The van der Waals surface area contributed by atoms with Crippen LogP contribution >= 0.6 is 11.6 Å². The van der Waals surface area contributed by atoms with E-state index in [2.05, 4.69) is 5.32 Å². The Morgan fingerprint density at radius 2 is 1.66 bits per heavy atom. The normalized spacial score (nSPS) is 12.3. The Morgan fingerprint density at radius 3 is 2.34 bits per heavy atom. The molecule has 2 amide bonds. The summed E-state index contributed by atoms with van der Waals surface area (Å²) in [5, 5.41) is 5.54. The summed E-state index contributed by atoms with van der Waals surface area (Å²) in [6, 6.07) is 20.1. The number of carbonyl (C=O) groups excluding carboxylic acids is 2. The number of hydrogen-bond acceptors (Lipinski definition) is 3. The molecule has 32 heavy (non-hydrogen) atoms. The van der Waals surface area contributed by atoms with Crippen molar-refractivity contribution in [1.29, 1.82) is 0 Å². The number of amides is 2. The van der Waals surface area contributed by atoms with Crippen molar-refractivity contribution in [3.63, 3.8) is 0 Å². The van der Waals surface area contributed by atoms with E-state index in [9.17, 15) is 9.59 Å². The average molecular weight is 453 g/mol. The van der Waals surface area contributed by atoms with Crippen LogP contribution in [-0.2, 0) is 16.1 Å². The Bertz CT molecular complexity index is 1080. The number of nitrogens with one attached hydrogen (secondary N) is 1. The highest BCUT2D eigenvalue weighted by Crippen LogP contribution is 2.25. The Hall–Kier alpha value is -3.05. The van der Waals surface area contributed by atoms with E-state index in [-0.39, 0.29) is 25.0 Å². The van der Waals surface area contributed by atoms with Gasteiger partial charge in [-0.2, -0.15) is 0 Å². The lowest BCUT2D eigenvalue weighted by Gasteiger charge is -2.31. The summed E-state index contributed by atoms with van der Waals surface area (Å²) in [5.41, 5.74) is 0.475. The van der Waals surface area contributed by atoms with Gasteiger partial charge < -0.3 is 15.0 Å². The molecule has 0 spiro atoms. The van der Waals surface area contributed by atoms with Gasteiger partial charge in [0.25, 0.3) is 5.91 Å². The third kappa shape index (κ3) is 6.24. The fourth-order valence-corrected chi connectivity index (χ4v) is 3.51. The molecule has 0 saturated carbocycles. The minimum Gasteiger partial charge on any atom is -0.483 e. The first kappa shape index (κ1) is 23.6. The first-order valence-electron chi connectivity index (χ1n) is 10.6. The topological polar surface area (TPSA) is 58.6 Å². The van der Waals surface area contributed by atoms with E-state index in [1.165, 1.54) is 4.90 Å². The van der Waals surface area contributed by atoms with E-state index < -0.39 is 11.6 Å². The lowest BCUT2D eigenvalue weighted by molar-refractivity contribution is -0.142. The zero-order valence-corrected chi connectivity index (χ0v) is 19.6. The maximum Gasteiger partial charge on any atom is 0.261 e. The third-order valence-corrected chi connectivity index (χ3v) is 5.28. The Labute approximate surface area is 194 Å². The standard InChI is InChI=1S/C26H29ClN2O3/c1-18(25(31)28-26(2,3)4)29(16-19-12-14-21(27)15-13-19)24(30)17-32-23-11-7-9-20-8-5-6-10-22(20)23/h5-15,18H,16-17H2,1-4H3,(H,28,31). The van der Waals surface area contributed by atoms with Crippen LogP contribution < -0.4 is 10.1 Å². The van der Waals surface area contributed by atoms with Crippen molar-refractivity contribution >= 4 is 34.2 Å². The molecule has 168 valence electrons. The van der Waals surface area contributed by atoms with Crippen molar-refractivity contribution in [2.45, 2.75) is 45.8 Å². The third-order valence-electron chi connectivity index (χ3n) is 5.03. The van der Waals surface area contributed by atoms with Crippen molar-refractivity contribution in [1.82, 2.24) is 10.2 Å². The summed E-state index contributed by atoms with van der Waals surface area (Å²) >= 11 is 6.00. The second-order valence-electron chi connectivity index (χ2n) is 8.83. The Morgan fingerprint density at radius 1 is 1.00 bits per heavy atom. The van der Waals surface area contributed by atoms with E-state index in [4.69, 9.17) is 16.3 Å². The van der Waals surface area contributed by atoms with Crippen LogP contribution in [0.15, 0.2) is 66.7 Å². The summed E-state index contributed by atoms with van der Waals surface area (Å²) in [7, 11) is 0. The minimum atomic E-state index is -0.673. The van der Waals surface area contributed by atoms with Crippen LogP contribution in [0.2, 0.25) is 5.02 Å². The van der Waals surface area contributed by atoms with Gasteiger partial charge in [0, 0.05) is 22.5 Å². The molecule has 6 heteroatoms. The van der Waals surface area contributed by atoms with Crippen LogP contribution in [0, 0.1) is 0 Å². The highest BCUT2D eigenvalue weighted by Gasteiger charge is 2.28. The second-order valence-corrected chi connectivity index (χ2v) is 9.27. The van der Waals surface area contributed by atoms with Crippen molar-refractivity contribution in [2.75, 3.05) is 6.61 Å². The number of halogens is 1. The SMILES string of the molecule is CC(C(=O)NC(C)(C)C)N(Cc1ccc(Cl)cc1)C(=O)COc1cccc2ccccc12. The number of ether oxygens (including phenoxy) is 1. The zero-order valence-electron chi connectivity index (χ0n) is 18.9. The lowest BCUT2D eigenvalue weighted by Crippen LogP contribution is -2.53. The molecule has 0 fully saturated rings. The average Bonchev–Trinajstić information content (AvgIpc) is 2.75. The molecule has 1 atom stereocenters. The minimum absolute atomic E-state index is 0.172. The van der Waals surface area contributed by atoms with Crippen molar-refractivity contribution in [3.05, 3.63) is 77.3 Å². The van der Waals surface area contributed by atoms with Gasteiger partial charge in [-0.3, -0.25) is 9.59 Å². The molecule has 0 radical (unpaired) electrons. The number of carbonyl (C=O) groups is 2. The van der Waals surface area contributed by atoms with Gasteiger partial charge in [-0.15, -0.1) is 0 Å². The monoisotopic (exact) mass is 452 g/mol. The van der Waals surface area contributed by atoms with Gasteiger partial charge in [-0.25, -0.2) is 0 Å². The van der Waals surface area contributed by atoms with Crippen molar-refractivity contribution in [3.8, 4) is 5.75 Å². The van der Waals surface area contributed by atoms with E-state index in [0.29, 0.717) is 10.8 Å². The van der Waals surface area contributed by atoms with Gasteiger partial charge in [-0.1, -0.05) is 60.1 Å². The smallest absolute Gasteiger partial charge is 0.261 e. The molecule has 0 saturated heterocycles. The maximum atomic E-state index is 13.2.